The van der Waals surface area contributed by atoms with E-state index in [9.17, 15) is 13.2 Å². The second kappa shape index (κ2) is 9.32. The van der Waals surface area contributed by atoms with E-state index in [-0.39, 0.29) is 10.8 Å². The van der Waals surface area contributed by atoms with Crippen LogP contribution in [0.25, 0.3) is 0 Å². The average molecular weight is 436 g/mol. The zero-order chi connectivity index (χ0) is 22.4. The number of sulfonamides is 1. The molecule has 1 unspecified atom stereocenters. The van der Waals surface area contributed by atoms with Crippen LogP contribution in [0.15, 0.2) is 77.7 Å². The molecule has 7 nitrogen and oxygen atoms in total. The van der Waals surface area contributed by atoms with E-state index in [1.807, 2.05) is 13.0 Å². The molecule has 0 saturated carbocycles. The van der Waals surface area contributed by atoms with Gasteiger partial charge in [0.15, 0.2) is 6.10 Å². The maximum atomic E-state index is 12.5. The first-order valence-corrected chi connectivity index (χ1v) is 10.9. The molecule has 0 aliphatic rings. The number of carbonyl (C=O) groups is 1. The van der Waals surface area contributed by atoms with Crippen LogP contribution in [0.1, 0.15) is 18.1 Å². The first-order valence-electron chi connectivity index (χ1n) is 9.44. The van der Waals surface area contributed by atoms with Gasteiger partial charge in [0.2, 0.25) is 0 Å². The number of ether oxygens (including phenoxy) is 1. The molecule has 8 heteroatoms. The van der Waals surface area contributed by atoms with Gasteiger partial charge < -0.3 is 10.1 Å². The van der Waals surface area contributed by atoms with Crippen LogP contribution in [-0.4, -0.2) is 20.4 Å². The summed E-state index contributed by atoms with van der Waals surface area (Å²) in [6.45, 7) is 3.49. The van der Waals surface area contributed by atoms with Crippen LogP contribution in [0.5, 0.6) is 5.75 Å². The number of anilines is 2. The first-order chi connectivity index (χ1) is 14.8. The largest absolute Gasteiger partial charge is 0.481 e. The van der Waals surface area contributed by atoms with Crippen molar-refractivity contribution in [3.8, 4) is 11.8 Å². The number of hydrogen-bond donors (Lipinski definition) is 2. The highest BCUT2D eigenvalue weighted by atomic mass is 32.2. The van der Waals surface area contributed by atoms with E-state index in [2.05, 4.69) is 10.0 Å². The van der Waals surface area contributed by atoms with Crippen LogP contribution in [0.4, 0.5) is 11.4 Å². The van der Waals surface area contributed by atoms with Crippen molar-refractivity contribution in [2.45, 2.75) is 24.8 Å². The lowest BCUT2D eigenvalue weighted by Crippen LogP contribution is -2.30. The SMILES string of the molecule is Cc1ccc(S(=O)(=O)Nc2ccc(NC(=O)C(C)Oc3ccc(C#N)cc3)cc2)cc1. The van der Waals surface area contributed by atoms with E-state index >= 15 is 0 Å². The Labute approximate surface area is 181 Å². The quantitative estimate of drug-likeness (QED) is 0.581. The van der Waals surface area contributed by atoms with Gasteiger partial charge in [-0.1, -0.05) is 17.7 Å². The molecule has 0 fully saturated rings. The first kappa shape index (κ1) is 21.9. The van der Waals surface area contributed by atoms with Gasteiger partial charge in [-0.3, -0.25) is 9.52 Å². The summed E-state index contributed by atoms with van der Waals surface area (Å²) in [6, 6.07) is 21.3. The Hall–Kier alpha value is -3.83. The molecular weight excluding hydrogens is 414 g/mol. The number of rotatable bonds is 7. The summed E-state index contributed by atoms with van der Waals surface area (Å²) in [7, 11) is -3.70. The summed E-state index contributed by atoms with van der Waals surface area (Å²) >= 11 is 0. The maximum absolute atomic E-state index is 12.5. The zero-order valence-electron chi connectivity index (χ0n) is 17.0. The monoisotopic (exact) mass is 435 g/mol. The van der Waals surface area contributed by atoms with Crippen LogP contribution in [-0.2, 0) is 14.8 Å². The van der Waals surface area contributed by atoms with E-state index in [1.54, 1.807) is 79.7 Å². The standard InChI is InChI=1S/C23H21N3O4S/c1-16-3-13-22(14-4-16)31(28,29)26-20-9-7-19(8-10-20)25-23(27)17(2)30-21-11-5-18(15-24)6-12-21/h3-14,17,26H,1-2H3,(H,25,27). The lowest BCUT2D eigenvalue weighted by molar-refractivity contribution is -0.122. The van der Waals surface area contributed by atoms with Crippen molar-refractivity contribution in [2.75, 3.05) is 10.0 Å². The molecule has 1 amide bonds. The van der Waals surface area contributed by atoms with Crippen LogP contribution in [0, 0.1) is 18.3 Å². The Balaban J connectivity index is 1.59. The van der Waals surface area contributed by atoms with Crippen molar-refractivity contribution in [1.82, 2.24) is 0 Å². The highest BCUT2D eigenvalue weighted by Crippen LogP contribution is 2.19. The summed E-state index contributed by atoms with van der Waals surface area (Å²) in [5.41, 5.74) is 2.35. The molecule has 0 heterocycles. The molecule has 1 atom stereocenters. The second-order valence-corrected chi connectivity index (χ2v) is 8.56. The molecule has 3 rings (SSSR count). The fourth-order valence-corrected chi connectivity index (χ4v) is 3.72. The lowest BCUT2D eigenvalue weighted by Gasteiger charge is -2.15. The van der Waals surface area contributed by atoms with E-state index < -0.39 is 16.1 Å². The van der Waals surface area contributed by atoms with Gasteiger partial charge in [0.1, 0.15) is 5.75 Å². The molecule has 0 radical (unpaired) electrons. The molecular formula is C23H21N3O4S. The van der Waals surface area contributed by atoms with Crippen LogP contribution >= 0.6 is 0 Å². The third-order valence-corrected chi connectivity index (χ3v) is 5.80. The Kier molecular flexibility index (Phi) is 6.58. The minimum absolute atomic E-state index is 0.171. The highest BCUT2D eigenvalue weighted by Gasteiger charge is 2.16. The molecule has 0 saturated heterocycles. The smallest absolute Gasteiger partial charge is 0.265 e. The number of amides is 1. The van der Waals surface area contributed by atoms with Gasteiger partial charge in [0.05, 0.1) is 16.5 Å². The van der Waals surface area contributed by atoms with Crippen LogP contribution in [0.3, 0.4) is 0 Å². The van der Waals surface area contributed by atoms with Gasteiger partial charge in [-0.25, -0.2) is 8.42 Å². The van der Waals surface area contributed by atoms with E-state index in [0.29, 0.717) is 22.7 Å². The Morgan fingerprint density at radius 2 is 1.52 bits per heavy atom. The molecule has 158 valence electrons. The van der Waals surface area contributed by atoms with Crippen molar-refractivity contribution >= 4 is 27.3 Å². The van der Waals surface area contributed by atoms with Crippen molar-refractivity contribution in [3.63, 3.8) is 0 Å². The zero-order valence-corrected chi connectivity index (χ0v) is 17.8. The average Bonchev–Trinajstić information content (AvgIpc) is 2.75. The molecule has 31 heavy (non-hydrogen) atoms. The lowest BCUT2D eigenvalue weighted by atomic mass is 10.2. The van der Waals surface area contributed by atoms with Crippen molar-refractivity contribution < 1.29 is 17.9 Å². The molecule has 3 aromatic carbocycles. The molecule has 0 aliphatic heterocycles. The minimum atomic E-state index is -3.70. The summed E-state index contributed by atoms with van der Waals surface area (Å²) in [4.78, 5) is 12.5. The van der Waals surface area contributed by atoms with E-state index in [1.165, 1.54) is 0 Å². The summed E-state index contributed by atoms with van der Waals surface area (Å²) in [5, 5.41) is 11.5. The number of benzene rings is 3. The van der Waals surface area contributed by atoms with Gasteiger partial charge >= 0.3 is 0 Å². The van der Waals surface area contributed by atoms with Crippen LogP contribution < -0.4 is 14.8 Å². The highest BCUT2D eigenvalue weighted by molar-refractivity contribution is 7.92. The third-order valence-electron chi connectivity index (χ3n) is 4.40. The summed E-state index contributed by atoms with van der Waals surface area (Å²) in [5.74, 6) is 0.111. The Morgan fingerprint density at radius 3 is 2.10 bits per heavy atom. The molecule has 0 aliphatic carbocycles. The van der Waals surface area contributed by atoms with Gasteiger partial charge in [0, 0.05) is 11.4 Å². The van der Waals surface area contributed by atoms with Gasteiger partial charge in [-0.2, -0.15) is 5.26 Å². The molecule has 0 aromatic heterocycles. The van der Waals surface area contributed by atoms with Crippen LogP contribution in [0.2, 0.25) is 0 Å². The Morgan fingerprint density at radius 1 is 0.935 bits per heavy atom. The van der Waals surface area contributed by atoms with Gasteiger partial charge in [0.25, 0.3) is 15.9 Å². The normalized spacial score (nSPS) is 11.8. The van der Waals surface area contributed by atoms with Crippen molar-refractivity contribution in [3.05, 3.63) is 83.9 Å². The van der Waals surface area contributed by atoms with Crippen molar-refractivity contribution in [1.29, 1.82) is 5.26 Å². The predicted molar refractivity (Wildman–Crippen MR) is 118 cm³/mol. The summed E-state index contributed by atoms with van der Waals surface area (Å²) < 4.78 is 33.0. The third kappa shape index (κ3) is 5.84. The van der Waals surface area contributed by atoms with E-state index in [0.717, 1.165) is 5.56 Å². The number of nitrogens with zero attached hydrogens (tertiary/aromatic N) is 1. The maximum Gasteiger partial charge on any atom is 0.265 e. The number of hydrogen-bond acceptors (Lipinski definition) is 5. The number of carbonyl (C=O) groups excluding carboxylic acids is 1. The minimum Gasteiger partial charge on any atom is -0.481 e. The van der Waals surface area contributed by atoms with Crippen molar-refractivity contribution in [2.24, 2.45) is 0 Å². The molecule has 0 spiro atoms. The number of nitrogens with one attached hydrogen (secondary N) is 2. The van der Waals surface area contributed by atoms with Gasteiger partial charge in [-0.15, -0.1) is 0 Å². The van der Waals surface area contributed by atoms with E-state index in [4.69, 9.17) is 10.00 Å². The number of aryl methyl sites for hydroxylation is 1. The fraction of sp³-hybridized carbons (Fsp3) is 0.130. The van der Waals surface area contributed by atoms with Gasteiger partial charge in [-0.05, 0) is 74.5 Å². The molecule has 0 bridgehead atoms. The predicted octanol–water partition coefficient (Wildman–Crippen LogP) is 4.07. The fourth-order valence-electron chi connectivity index (χ4n) is 2.66. The molecule has 2 N–H and O–H groups in total. The Bertz CT molecular complexity index is 1200. The summed E-state index contributed by atoms with van der Waals surface area (Å²) in [6.07, 6.45) is -0.771. The topological polar surface area (TPSA) is 108 Å². The number of nitriles is 1. The molecule has 3 aromatic rings. The second-order valence-electron chi connectivity index (χ2n) is 6.88.